The van der Waals surface area contributed by atoms with E-state index in [1.807, 2.05) is 213 Å². The van der Waals surface area contributed by atoms with Gasteiger partial charge < -0.3 is 62.8 Å². The van der Waals surface area contributed by atoms with Crippen molar-refractivity contribution >= 4 is 149 Å². The highest BCUT2D eigenvalue weighted by molar-refractivity contribution is 9.09. The lowest BCUT2D eigenvalue weighted by atomic mass is 10.0. The summed E-state index contributed by atoms with van der Waals surface area (Å²) in [7, 11) is 10.4. The van der Waals surface area contributed by atoms with Gasteiger partial charge in [-0.3, -0.25) is 38.4 Å². The lowest BCUT2D eigenvalue weighted by Gasteiger charge is -2.28. The zero-order valence-corrected chi connectivity index (χ0v) is 75.5. The molecule has 0 aromatic heterocycles. The minimum atomic E-state index is -0.990. The highest BCUT2D eigenvalue weighted by Gasteiger charge is 2.45. The summed E-state index contributed by atoms with van der Waals surface area (Å²) in [6.07, 6.45) is 9.76. The van der Waals surface area contributed by atoms with Crippen LogP contribution in [0.3, 0.4) is 0 Å². The van der Waals surface area contributed by atoms with Crippen molar-refractivity contribution in [3.63, 3.8) is 0 Å². The lowest BCUT2D eigenvalue weighted by molar-refractivity contribution is -0.153. The molecule has 4 aliphatic rings. The van der Waals surface area contributed by atoms with Crippen molar-refractivity contribution in [1.82, 2.24) is 4.90 Å². The van der Waals surface area contributed by atoms with Crippen LogP contribution in [-0.2, 0) is 57.3 Å². The third-order valence-electron chi connectivity index (χ3n) is 19.8. The molecule has 12 rings (SSSR count). The fourth-order valence-corrected chi connectivity index (χ4v) is 19.8. The minimum Gasteiger partial charge on any atom is -0.497 e. The van der Waals surface area contributed by atoms with E-state index in [4.69, 9.17) is 37.9 Å². The summed E-state index contributed by atoms with van der Waals surface area (Å²) < 4.78 is 43.5. The summed E-state index contributed by atoms with van der Waals surface area (Å²) in [6, 6.07) is 61.1. The zero-order valence-electron chi connectivity index (χ0n) is 69.0. The summed E-state index contributed by atoms with van der Waals surface area (Å²) in [6.45, 7) is 7.51. The molecule has 0 saturated heterocycles. The largest absolute Gasteiger partial charge is 0.497 e. The van der Waals surface area contributed by atoms with E-state index in [0.717, 1.165) is 115 Å². The number of methoxy groups -OCH3 is 4. The van der Waals surface area contributed by atoms with E-state index in [9.17, 15) is 38.4 Å². The summed E-state index contributed by atoms with van der Waals surface area (Å²) in [5, 5.41) is 3.62. The van der Waals surface area contributed by atoms with Gasteiger partial charge in [-0.1, -0.05) is 180 Å². The Morgan fingerprint density at radius 2 is 0.605 bits per heavy atom. The fourth-order valence-electron chi connectivity index (χ4n) is 13.8. The number of likely N-dealkylation sites (N-methyl/N-ethyl adjacent to an activating group) is 1. The number of nitrogens with zero attached hydrogens (tertiary/aromatic N) is 4. The van der Waals surface area contributed by atoms with E-state index in [1.54, 1.807) is 54.9 Å². The number of alkyl halides is 2. The van der Waals surface area contributed by atoms with Gasteiger partial charge >= 0.3 is 23.9 Å². The van der Waals surface area contributed by atoms with E-state index >= 15 is 0 Å². The fraction of sp³-hybridized carbons (Fsp3) is 0.391. The molecule has 1 N–H and O–H groups in total. The van der Waals surface area contributed by atoms with Gasteiger partial charge in [0.2, 0.25) is 0 Å². The van der Waals surface area contributed by atoms with Crippen LogP contribution in [0.4, 0.5) is 22.7 Å². The third-order valence-corrected chi connectivity index (χ3v) is 26.4. The van der Waals surface area contributed by atoms with Crippen LogP contribution >= 0.6 is 78.9 Å². The number of para-hydroxylation sites is 4. The molecular formula is C92H107Br2N5O16S4. The summed E-state index contributed by atoms with van der Waals surface area (Å²) in [4.78, 5) is 114. The van der Waals surface area contributed by atoms with Crippen molar-refractivity contribution in [1.29, 1.82) is 0 Å². The standard InChI is InChI=1S/C44H48N2O8S2.C22H26N2O4S.C18H17NO4S.C8H16Br2/c1-29(47)53-39-41(31-19-23-33(51-3)24-20-31)55-37-17-11-9-15-35(37)45(43(39)49)27-13-7-5-6-8-14-28-46-36-16-10-12-18-38(36)56-42(40(44(46)50)54-30(2)48)32-21-25-34(52-4)26-22-32;1-15(25)28-20-21(16-9-11-17(27-4)12-10-16)29-19-8-6-5-7-18(19)24(22(20)26)14-13-23(2)3;1-11(20)23-16-17(12-7-9-13(22-2)10-8-12)24-15-6-4-3-5-14(15)19-18(16)21;9-7-5-3-1-2-4-6-8-10/h9-12,15-26,39-42H,5-8,13-14,27-28H2,1-4H3;5-12,20-21H,13-14H2,1-4H3;3-10,16-17H,1-2H3,(H,19,21);1-8H2/t39-,40-,41+,42+;20-,21+;16-,17+;/m111./s1. The molecule has 21 nitrogen and oxygen atoms in total. The van der Waals surface area contributed by atoms with Crippen molar-refractivity contribution in [2.45, 2.75) is 170 Å². The molecule has 0 radical (unpaired) electrons. The van der Waals surface area contributed by atoms with Gasteiger partial charge in [0, 0.05) is 84.1 Å². The molecule has 0 saturated carbocycles. The van der Waals surface area contributed by atoms with Crippen LogP contribution in [0.1, 0.15) is 148 Å². The van der Waals surface area contributed by atoms with Crippen molar-refractivity contribution in [3.05, 3.63) is 216 Å². The van der Waals surface area contributed by atoms with Crippen molar-refractivity contribution in [2.75, 3.05) is 99.4 Å². The smallest absolute Gasteiger partial charge is 0.303 e. The van der Waals surface area contributed by atoms with Gasteiger partial charge in [0.15, 0.2) is 24.4 Å². The van der Waals surface area contributed by atoms with Crippen LogP contribution in [-0.4, -0.2) is 156 Å². The number of carbonyl (C=O) groups excluding carboxylic acids is 8. The van der Waals surface area contributed by atoms with Crippen LogP contribution in [0, 0.1) is 0 Å². The van der Waals surface area contributed by atoms with E-state index in [-0.39, 0.29) is 34.1 Å². The van der Waals surface area contributed by atoms with E-state index in [1.165, 1.54) is 112 Å². The zero-order chi connectivity index (χ0) is 85.3. The maximum Gasteiger partial charge on any atom is 0.303 e. The Hall–Kier alpha value is -8.96. The summed E-state index contributed by atoms with van der Waals surface area (Å²) >= 11 is 12.9. The van der Waals surface area contributed by atoms with Gasteiger partial charge in [0.1, 0.15) is 23.0 Å². The lowest BCUT2D eigenvalue weighted by Crippen LogP contribution is -2.45. The monoisotopic (exact) mass is 1820 g/mol. The molecule has 0 spiro atoms. The van der Waals surface area contributed by atoms with Gasteiger partial charge in [-0.05, 0) is 159 Å². The molecule has 4 heterocycles. The second-order valence-electron chi connectivity index (χ2n) is 28.6. The molecule has 4 amide bonds. The second kappa shape index (κ2) is 48.5. The predicted octanol–water partition coefficient (Wildman–Crippen LogP) is 19.9. The molecule has 0 fully saturated rings. The SMILES string of the molecule is BrCCCCCCCCBr.COc1ccc([C@@H]2Sc3ccccc3N(CCCCCCCCN3C(=O)[C@H](OC(C)=O)[C@H](c4ccc(OC)cc4)Sc4ccccc43)C(=O)[C@@H]2OC(C)=O)cc1.COc1ccc([C@@H]2Sc3ccccc3N(CCN(C)C)C(=O)[C@@H]2OC(C)=O)cc1.COc1ccc([C@@H]2Sc3ccccc3NC(=O)[C@@H]2OC(C)=O)cc1. The maximum absolute atomic E-state index is 14.2. The van der Waals surface area contributed by atoms with Crippen molar-refractivity contribution in [3.8, 4) is 23.0 Å². The summed E-state index contributed by atoms with van der Waals surface area (Å²) in [5.74, 6) is -0.103. The molecule has 119 heavy (non-hydrogen) atoms. The van der Waals surface area contributed by atoms with Gasteiger partial charge in [-0.2, -0.15) is 0 Å². The molecule has 8 aromatic rings. The van der Waals surface area contributed by atoms with E-state index in [2.05, 4.69) is 37.2 Å². The molecule has 8 aromatic carbocycles. The number of rotatable bonds is 31. The van der Waals surface area contributed by atoms with Crippen LogP contribution in [0.5, 0.6) is 23.0 Å². The molecule has 4 aliphatic heterocycles. The maximum atomic E-state index is 14.2. The van der Waals surface area contributed by atoms with E-state index in [0.29, 0.717) is 37.7 Å². The van der Waals surface area contributed by atoms with Crippen LogP contribution in [0.25, 0.3) is 0 Å². The molecule has 0 unspecified atom stereocenters. The molecule has 0 aliphatic carbocycles. The highest BCUT2D eigenvalue weighted by atomic mass is 79.9. The van der Waals surface area contributed by atoms with Crippen molar-refractivity contribution < 1.29 is 76.3 Å². The number of nitrogens with one attached hydrogen (secondary N) is 1. The molecule has 27 heteroatoms. The Morgan fingerprint density at radius 1 is 0.345 bits per heavy atom. The van der Waals surface area contributed by atoms with Crippen molar-refractivity contribution in [2.24, 2.45) is 0 Å². The molecular weight excluding hydrogens is 1720 g/mol. The first-order chi connectivity index (χ1) is 57.6. The second-order valence-corrected chi connectivity index (χ2v) is 35.0. The number of fused-ring (bicyclic) bond motifs is 4. The number of thioether (sulfide) groups is 4. The molecule has 634 valence electrons. The van der Waals surface area contributed by atoms with Crippen LogP contribution in [0.15, 0.2) is 214 Å². The van der Waals surface area contributed by atoms with Gasteiger partial charge in [0.05, 0.1) is 72.2 Å². The first-order valence-electron chi connectivity index (χ1n) is 39.9. The number of esters is 4. The quantitative estimate of drug-likeness (QED) is 0.0184. The van der Waals surface area contributed by atoms with Crippen LogP contribution in [0.2, 0.25) is 0 Å². The average molecular weight is 1830 g/mol. The van der Waals surface area contributed by atoms with E-state index < -0.39 is 58.8 Å². The number of halogens is 2. The highest BCUT2D eigenvalue weighted by Crippen LogP contribution is 2.51. The topological polar surface area (TPSA) is 235 Å². The minimum absolute atomic E-state index is 0.208. The first-order valence-corrected chi connectivity index (χ1v) is 45.6. The Labute approximate surface area is 733 Å². The average Bonchev–Trinajstić information content (AvgIpc) is 1.66. The number of unbranched alkanes of at least 4 members (excludes halogenated alkanes) is 10. The third kappa shape index (κ3) is 27.3. The number of benzene rings is 8. The van der Waals surface area contributed by atoms with Gasteiger partial charge in [-0.15, -0.1) is 47.0 Å². The molecule has 8 atom stereocenters. The number of anilines is 4. The Bertz CT molecular complexity index is 4480. The number of ether oxygens (including phenoxy) is 8. The normalized spacial score (nSPS) is 18.5. The van der Waals surface area contributed by atoms with Crippen LogP contribution < -0.4 is 39.0 Å². The first kappa shape index (κ1) is 93.9. The predicted molar refractivity (Wildman–Crippen MR) is 482 cm³/mol. The Balaban J connectivity index is 0.000000212. The van der Waals surface area contributed by atoms with Gasteiger partial charge in [-0.25, -0.2) is 0 Å². The number of amides is 4. The number of hydrogen-bond acceptors (Lipinski definition) is 21. The number of carbonyl (C=O) groups is 8. The number of hydrogen-bond donors (Lipinski definition) is 1. The summed E-state index contributed by atoms with van der Waals surface area (Å²) in [5.41, 5.74) is 6.73. The molecule has 0 bridgehead atoms. The van der Waals surface area contributed by atoms with Gasteiger partial charge in [0.25, 0.3) is 23.6 Å². The Morgan fingerprint density at radius 3 is 0.908 bits per heavy atom. The Kier molecular flexibility index (Phi) is 38.2.